The van der Waals surface area contributed by atoms with Crippen LogP contribution in [0.25, 0.3) is 0 Å². The Hall–Kier alpha value is -1.53. The van der Waals surface area contributed by atoms with Gasteiger partial charge in [0.05, 0.1) is 17.7 Å². The van der Waals surface area contributed by atoms with Gasteiger partial charge in [0.15, 0.2) is 0 Å². The van der Waals surface area contributed by atoms with Gasteiger partial charge in [-0.05, 0) is 37.3 Å². The van der Waals surface area contributed by atoms with Crippen LogP contribution < -0.4 is 4.90 Å². The van der Waals surface area contributed by atoms with Crippen molar-refractivity contribution in [3.8, 4) is 6.07 Å². The second-order valence-corrected chi connectivity index (χ2v) is 5.41. The first-order valence-corrected chi connectivity index (χ1v) is 6.46. The van der Waals surface area contributed by atoms with Crippen molar-refractivity contribution in [2.24, 2.45) is 11.8 Å². The first kappa shape index (κ1) is 12.9. The molecular formula is C15H20N2O. The summed E-state index contributed by atoms with van der Waals surface area (Å²) in [5, 5.41) is 18.8. The Morgan fingerprint density at radius 1 is 1.56 bits per heavy atom. The lowest BCUT2D eigenvalue weighted by Gasteiger charge is -2.24. The third kappa shape index (κ3) is 2.65. The van der Waals surface area contributed by atoms with Crippen LogP contribution in [0.2, 0.25) is 0 Å². The quantitative estimate of drug-likeness (QED) is 0.885. The van der Waals surface area contributed by atoms with Crippen molar-refractivity contribution in [3.05, 3.63) is 29.3 Å². The van der Waals surface area contributed by atoms with Crippen LogP contribution in [0.3, 0.4) is 0 Å². The number of hydrogen-bond donors (Lipinski definition) is 1. The van der Waals surface area contributed by atoms with E-state index in [9.17, 15) is 5.11 Å². The van der Waals surface area contributed by atoms with Crippen molar-refractivity contribution in [2.45, 2.75) is 26.4 Å². The molecule has 1 aromatic rings. The highest BCUT2D eigenvalue weighted by molar-refractivity contribution is 5.58. The largest absolute Gasteiger partial charge is 0.389 e. The molecule has 0 bridgehead atoms. The maximum absolute atomic E-state index is 9.81. The standard InChI is InChI=1S/C15H20N2O/c1-10-6-13(10)9-17(3)15-7-12(8-16)4-5-14(15)11(2)18/h4-5,7,10-11,13,18H,6,9H2,1-3H3/t10?,11-,13?/m0/s1. The van der Waals surface area contributed by atoms with Gasteiger partial charge in [0.25, 0.3) is 0 Å². The number of aliphatic hydroxyl groups excluding tert-OH is 1. The van der Waals surface area contributed by atoms with Gasteiger partial charge < -0.3 is 10.0 Å². The summed E-state index contributed by atoms with van der Waals surface area (Å²) in [5.41, 5.74) is 2.51. The van der Waals surface area contributed by atoms with E-state index >= 15 is 0 Å². The summed E-state index contributed by atoms with van der Waals surface area (Å²) in [4.78, 5) is 2.16. The monoisotopic (exact) mass is 244 g/mol. The Labute approximate surface area is 109 Å². The van der Waals surface area contributed by atoms with Crippen molar-refractivity contribution >= 4 is 5.69 Å². The summed E-state index contributed by atoms with van der Waals surface area (Å²) >= 11 is 0. The van der Waals surface area contributed by atoms with E-state index in [0.717, 1.165) is 29.6 Å². The highest BCUT2D eigenvalue weighted by Gasteiger charge is 2.33. The third-order valence-corrected chi connectivity index (χ3v) is 3.81. The maximum Gasteiger partial charge on any atom is 0.0992 e. The van der Waals surface area contributed by atoms with Crippen LogP contribution in [0.5, 0.6) is 0 Å². The van der Waals surface area contributed by atoms with Gasteiger partial charge in [-0.1, -0.05) is 13.0 Å². The van der Waals surface area contributed by atoms with Gasteiger partial charge in [-0.15, -0.1) is 0 Å². The zero-order valence-corrected chi connectivity index (χ0v) is 11.2. The first-order valence-electron chi connectivity index (χ1n) is 6.46. The topological polar surface area (TPSA) is 47.3 Å². The van der Waals surface area contributed by atoms with Crippen LogP contribution in [0.15, 0.2) is 18.2 Å². The number of nitrogens with zero attached hydrogens (tertiary/aromatic N) is 2. The third-order valence-electron chi connectivity index (χ3n) is 3.81. The van der Waals surface area contributed by atoms with Crippen LogP contribution in [-0.4, -0.2) is 18.7 Å². The number of nitriles is 1. The van der Waals surface area contributed by atoms with Crippen LogP contribution in [0, 0.1) is 23.2 Å². The van der Waals surface area contributed by atoms with Crippen molar-refractivity contribution in [2.75, 3.05) is 18.5 Å². The van der Waals surface area contributed by atoms with E-state index in [-0.39, 0.29) is 0 Å². The molecule has 0 spiro atoms. The number of rotatable bonds is 4. The zero-order valence-electron chi connectivity index (χ0n) is 11.2. The molecule has 18 heavy (non-hydrogen) atoms. The number of hydrogen-bond acceptors (Lipinski definition) is 3. The fourth-order valence-corrected chi connectivity index (χ4v) is 2.40. The SMILES string of the molecule is CC1CC1CN(C)c1cc(C#N)ccc1[C@H](C)O. The minimum absolute atomic E-state index is 0.508. The molecule has 2 unspecified atom stereocenters. The van der Waals surface area contributed by atoms with Crippen molar-refractivity contribution in [1.29, 1.82) is 5.26 Å². The molecule has 3 heteroatoms. The molecule has 0 heterocycles. The molecule has 0 amide bonds. The van der Waals surface area contributed by atoms with Gasteiger partial charge in [-0.3, -0.25) is 0 Å². The highest BCUT2D eigenvalue weighted by Crippen LogP contribution is 2.39. The first-order chi connectivity index (χ1) is 8.52. The maximum atomic E-state index is 9.81. The van der Waals surface area contributed by atoms with Crippen LogP contribution in [-0.2, 0) is 0 Å². The van der Waals surface area contributed by atoms with Crippen LogP contribution in [0.1, 0.15) is 37.5 Å². The second-order valence-electron chi connectivity index (χ2n) is 5.41. The minimum atomic E-state index is -0.508. The number of benzene rings is 1. The lowest BCUT2D eigenvalue weighted by atomic mass is 10.0. The Bertz CT molecular complexity index is 476. The van der Waals surface area contributed by atoms with Gasteiger partial charge in [-0.25, -0.2) is 0 Å². The number of aliphatic hydroxyl groups is 1. The van der Waals surface area contributed by atoms with Crippen molar-refractivity contribution in [3.63, 3.8) is 0 Å². The lowest BCUT2D eigenvalue weighted by molar-refractivity contribution is 0.199. The molecule has 2 rings (SSSR count). The molecule has 1 fully saturated rings. The average molecular weight is 244 g/mol. The van der Waals surface area contributed by atoms with Gasteiger partial charge in [0, 0.05) is 24.8 Å². The predicted molar refractivity (Wildman–Crippen MR) is 72.3 cm³/mol. The molecule has 0 aromatic heterocycles. The summed E-state index contributed by atoms with van der Waals surface area (Å²) in [5.74, 6) is 1.56. The molecule has 3 nitrogen and oxygen atoms in total. The van der Waals surface area contributed by atoms with Crippen LogP contribution >= 0.6 is 0 Å². The molecule has 0 aliphatic heterocycles. The zero-order chi connectivity index (χ0) is 13.3. The lowest BCUT2D eigenvalue weighted by Crippen LogP contribution is -2.22. The van der Waals surface area contributed by atoms with Crippen molar-refractivity contribution < 1.29 is 5.11 Å². The van der Waals surface area contributed by atoms with Gasteiger partial charge >= 0.3 is 0 Å². The van der Waals surface area contributed by atoms with E-state index in [1.54, 1.807) is 13.0 Å². The smallest absolute Gasteiger partial charge is 0.0992 e. The highest BCUT2D eigenvalue weighted by atomic mass is 16.3. The molecule has 0 saturated heterocycles. The Morgan fingerprint density at radius 3 is 2.72 bits per heavy atom. The van der Waals surface area contributed by atoms with Gasteiger partial charge in [0.1, 0.15) is 0 Å². The van der Waals surface area contributed by atoms with E-state index in [2.05, 4.69) is 17.9 Å². The Morgan fingerprint density at radius 2 is 2.22 bits per heavy atom. The normalized spacial score (nSPS) is 23.3. The van der Waals surface area contributed by atoms with E-state index in [1.807, 2.05) is 19.2 Å². The molecule has 1 aromatic carbocycles. The van der Waals surface area contributed by atoms with Crippen LogP contribution in [0.4, 0.5) is 5.69 Å². The molecule has 1 aliphatic carbocycles. The van der Waals surface area contributed by atoms with E-state index < -0.39 is 6.10 Å². The predicted octanol–water partition coefficient (Wildman–Crippen LogP) is 2.70. The molecular weight excluding hydrogens is 224 g/mol. The molecule has 3 atom stereocenters. The fourth-order valence-electron chi connectivity index (χ4n) is 2.40. The fraction of sp³-hybridized carbons (Fsp3) is 0.533. The molecule has 1 aliphatic rings. The summed E-state index contributed by atoms with van der Waals surface area (Å²) < 4.78 is 0. The van der Waals surface area contributed by atoms with E-state index in [0.29, 0.717) is 5.56 Å². The summed E-state index contributed by atoms with van der Waals surface area (Å²) in [6, 6.07) is 7.64. The van der Waals surface area contributed by atoms with Gasteiger partial charge in [0.2, 0.25) is 0 Å². The molecule has 1 saturated carbocycles. The number of anilines is 1. The summed E-state index contributed by atoms with van der Waals surface area (Å²) in [7, 11) is 2.04. The van der Waals surface area contributed by atoms with E-state index in [1.165, 1.54) is 6.42 Å². The van der Waals surface area contributed by atoms with E-state index in [4.69, 9.17) is 5.26 Å². The molecule has 1 N–H and O–H groups in total. The molecule has 0 radical (unpaired) electrons. The molecule has 96 valence electrons. The van der Waals surface area contributed by atoms with Gasteiger partial charge in [-0.2, -0.15) is 5.26 Å². The Kier molecular flexibility index (Phi) is 3.58. The van der Waals surface area contributed by atoms with Crippen molar-refractivity contribution in [1.82, 2.24) is 0 Å². The second kappa shape index (κ2) is 4.99. The summed E-state index contributed by atoms with van der Waals surface area (Å²) in [6.07, 6.45) is 0.776. The average Bonchev–Trinajstić information content (AvgIpc) is 3.03. The Balaban J connectivity index is 2.25. The summed E-state index contributed by atoms with van der Waals surface area (Å²) in [6.45, 7) is 5.02. The minimum Gasteiger partial charge on any atom is -0.389 e.